The molecule has 0 saturated carbocycles. The van der Waals surface area contributed by atoms with Crippen LogP contribution in [0.25, 0.3) is 0 Å². The number of thioether (sulfide) groups is 1. The van der Waals surface area contributed by atoms with Gasteiger partial charge < -0.3 is 0 Å². The second kappa shape index (κ2) is 4.30. The SMILES string of the molecule is CCSCC(=O)c1ccn(C)n1. The summed E-state index contributed by atoms with van der Waals surface area (Å²) in [6.45, 7) is 2.04. The molecule has 3 nitrogen and oxygen atoms in total. The minimum absolute atomic E-state index is 0.113. The lowest BCUT2D eigenvalue weighted by Crippen LogP contribution is -2.04. The van der Waals surface area contributed by atoms with E-state index in [1.54, 1.807) is 28.7 Å². The molecule has 0 amide bonds. The first-order chi connectivity index (χ1) is 5.74. The van der Waals surface area contributed by atoms with Gasteiger partial charge in [-0.1, -0.05) is 6.92 Å². The molecule has 0 spiro atoms. The fraction of sp³-hybridized carbons (Fsp3) is 0.500. The number of nitrogens with zero attached hydrogens (tertiary/aromatic N) is 2. The van der Waals surface area contributed by atoms with Gasteiger partial charge in [-0.05, 0) is 11.8 Å². The van der Waals surface area contributed by atoms with E-state index in [9.17, 15) is 4.79 Å². The summed E-state index contributed by atoms with van der Waals surface area (Å²) >= 11 is 1.62. The predicted octanol–water partition coefficient (Wildman–Crippen LogP) is 1.36. The van der Waals surface area contributed by atoms with Crippen molar-refractivity contribution in [3.8, 4) is 0 Å². The maximum Gasteiger partial charge on any atom is 0.192 e. The van der Waals surface area contributed by atoms with E-state index in [1.807, 2.05) is 14.0 Å². The number of hydrogen-bond donors (Lipinski definition) is 0. The van der Waals surface area contributed by atoms with Crippen molar-refractivity contribution in [3.05, 3.63) is 18.0 Å². The number of carbonyl (C=O) groups excluding carboxylic acids is 1. The Morgan fingerprint density at radius 2 is 2.50 bits per heavy atom. The zero-order chi connectivity index (χ0) is 8.97. The second-order valence-electron chi connectivity index (χ2n) is 2.43. The minimum atomic E-state index is 0.113. The summed E-state index contributed by atoms with van der Waals surface area (Å²) in [6, 6.07) is 1.75. The molecule has 0 bridgehead atoms. The van der Waals surface area contributed by atoms with Gasteiger partial charge in [0.25, 0.3) is 0 Å². The van der Waals surface area contributed by atoms with Crippen molar-refractivity contribution >= 4 is 17.5 Å². The van der Waals surface area contributed by atoms with Crippen molar-refractivity contribution in [1.29, 1.82) is 0 Å². The number of hydrogen-bond acceptors (Lipinski definition) is 3. The van der Waals surface area contributed by atoms with Crippen LogP contribution in [0.15, 0.2) is 12.3 Å². The molecule has 0 fully saturated rings. The van der Waals surface area contributed by atoms with Crippen molar-refractivity contribution < 1.29 is 4.79 Å². The molecule has 0 N–H and O–H groups in total. The van der Waals surface area contributed by atoms with Crippen LogP contribution in [-0.2, 0) is 7.05 Å². The van der Waals surface area contributed by atoms with Crippen LogP contribution >= 0.6 is 11.8 Å². The third-order valence-corrected chi connectivity index (χ3v) is 2.31. The number of ketones is 1. The van der Waals surface area contributed by atoms with E-state index in [1.165, 1.54) is 0 Å². The second-order valence-corrected chi connectivity index (χ2v) is 3.71. The molecule has 0 saturated heterocycles. The van der Waals surface area contributed by atoms with Gasteiger partial charge in [0.1, 0.15) is 5.69 Å². The van der Waals surface area contributed by atoms with Gasteiger partial charge in [0, 0.05) is 13.2 Å². The number of Topliss-reactive ketones (excluding diaryl/α,β-unsaturated/α-hetero) is 1. The molecule has 4 heteroatoms. The summed E-state index contributed by atoms with van der Waals surface area (Å²) in [5, 5.41) is 4.02. The van der Waals surface area contributed by atoms with E-state index >= 15 is 0 Å². The average molecular weight is 184 g/mol. The van der Waals surface area contributed by atoms with Gasteiger partial charge in [0.15, 0.2) is 5.78 Å². The molecule has 12 heavy (non-hydrogen) atoms. The summed E-state index contributed by atoms with van der Waals surface area (Å²) in [4.78, 5) is 11.3. The predicted molar refractivity (Wildman–Crippen MR) is 50.5 cm³/mol. The normalized spacial score (nSPS) is 10.2. The highest BCUT2D eigenvalue weighted by Gasteiger charge is 2.07. The molecule has 1 heterocycles. The molecule has 0 radical (unpaired) electrons. The molecular weight excluding hydrogens is 172 g/mol. The van der Waals surface area contributed by atoms with Crippen LogP contribution in [-0.4, -0.2) is 27.1 Å². The van der Waals surface area contributed by atoms with E-state index in [0.717, 1.165) is 5.75 Å². The number of aryl methyl sites for hydroxylation is 1. The van der Waals surface area contributed by atoms with E-state index < -0.39 is 0 Å². The van der Waals surface area contributed by atoms with Gasteiger partial charge >= 0.3 is 0 Å². The molecular formula is C8H12N2OS. The highest BCUT2D eigenvalue weighted by molar-refractivity contribution is 7.99. The molecule has 1 aromatic heterocycles. The van der Waals surface area contributed by atoms with Gasteiger partial charge in [-0.3, -0.25) is 9.48 Å². The van der Waals surface area contributed by atoms with Crippen LogP contribution in [0.4, 0.5) is 0 Å². The quantitative estimate of drug-likeness (QED) is 0.663. The van der Waals surface area contributed by atoms with Crippen molar-refractivity contribution in [3.63, 3.8) is 0 Å². The van der Waals surface area contributed by atoms with Crippen LogP contribution in [0.1, 0.15) is 17.4 Å². The summed E-state index contributed by atoms with van der Waals surface area (Å²) < 4.78 is 1.64. The van der Waals surface area contributed by atoms with Gasteiger partial charge in [0.2, 0.25) is 0 Å². The molecule has 1 rings (SSSR count). The molecule has 1 aromatic rings. The van der Waals surface area contributed by atoms with Crippen LogP contribution in [0, 0.1) is 0 Å². The van der Waals surface area contributed by atoms with E-state index in [2.05, 4.69) is 5.10 Å². The Hall–Kier alpha value is -0.770. The standard InChI is InChI=1S/C8H12N2OS/c1-3-12-6-8(11)7-4-5-10(2)9-7/h4-5H,3,6H2,1-2H3. The monoisotopic (exact) mass is 184 g/mol. The molecule has 0 aromatic carbocycles. The number of rotatable bonds is 4. The summed E-state index contributed by atoms with van der Waals surface area (Å²) in [5.74, 6) is 1.62. The Balaban J connectivity index is 2.53. The third kappa shape index (κ3) is 2.37. The fourth-order valence-electron chi connectivity index (χ4n) is 0.832. The zero-order valence-corrected chi connectivity index (χ0v) is 8.10. The van der Waals surface area contributed by atoms with Crippen molar-refractivity contribution in [2.75, 3.05) is 11.5 Å². The van der Waals surface area contributed by atoms with Gasteiger partial charge in [0.05, 0.1) is 5.75 Å². The topological polar surface area (TPSA) is 34.9 Å². The Morgan fingerprint density at radius 1 is 1.75 bits per heavy atom. The van der Waals surface area contributed by atoms with Crippen LogP contribution in [0.5, 0.6) is 0 Å². The highest BCUT2D eigenvalue weighted by atomic mass is 32.2. The summed E-state index contributed by atoms with van der Waals surface area (Å²) in [6.07, 6.45) is 1.78. The van der Waals surface area contributed by atoms with Crippen LogP contribution in [0.3, 0.4) is 0 Å². The van der Waals surface area contributed by atoms with Crippen LogP contribution < -0.4 is 0 Å². The van der Waals surface area contributed by atoms with Crippen molar-refractivity contribution in [2.45, 2.75) is 6.92 Å². The molecule has 0 unspecified atom stereocenters. The van der Waals surface area contributed by atoms with Crippen molar-refractivity contribution in [2.24, 2.45) is 7.05 Å². The lowest BCUT2D eigenvalue weighted by atomic mass is 10.3. The molecule has 0 aliphatic heterocycles. The smallest absolute Gasteiger partial charge is 0.192 e. The summed E-state index contributed by atoms with van der Waals surface area (Å²) in [7, 11) is 1.81. The zero-order valence-electron chi connectivity index (χ0n) is 7.28. The first kappa shape index (κ1) is 9.32. The Morgan fingerprint density at radius 3 is 3.00 bits per heavy atom. The molecule has 0 atom stereocenters. The average Bonchev–Trinajstić information content (AvgIpc) is 2.47. The Kier molecular flexibility index (Phi) is 3.34. The molecule has 0 aliphatic rings. The highest BCUT2D eigenvalue weighted by Crippen LogP contribution is 2.04. The molecule has 66 valence electrons. The lowest BCUT2D eigenvalue weighted by molar-refractivity contribution is 0.101. The lowest BCUT2D eigenvalue weighted by Gasteiger charge is -1.93. The maximum atomic E-state index is 11.3. The first-order valence-corrected chi connectivity index (χ1v) is 5.00. The third-order valence-electron chi connectivity index (χ3n) is 1.44. The van der Waals surface area contributed by atoms with Crippen molar-refractivity contribution in [1.82, 2.24) is 9.78 Å². The molecule has 0 aliphatic carbocycles. The number of carbonyl (C=O) groups is 1. The minimum Gasteiger partial charge on any atom is -0.291 e. The Bertz CT molecular complexity index is 270. The fourth-order valence-corrected chi connectivity index (χ4v) is 1.37. The van der Waals surface area contributed by atoms with E-state index in [0.29, 0.717) is 11.4 Å². The summed E-state index contributed by atoms with van der Waals surface area (Å²) in [5.41, 5.74) is 0.568. The van der Waals surface area contributed by atoms with Crippen LogP contribution in [0.2, 0.25) is 0 Å². The Labute approximate surface area is 76.1 Å². The van der Waals surface area contributed by atoms with Gasteiger partial charge in [-0.2, -0.15) is 16.9 Å². The van der Waals surface area contributed by atoms with E-state index in [4.69, 9.17) is 0 Å². The van der Waals surface area contributed by atoms with Gasteiger partial charge in [-0.25, -0.2) is 0 Å². The van der Waals surface area contributed by atoms with E-state index in [-0.39, 0.29) is 5.78 Å². The van der Waals surface area contributed by atoms with Gasteiger partial charge in [-0.15, -0.1) is 0 Å². The first-order valence-electron chi connectivity index (χ1n) is 3.84. The maximum absolute atomic E-state index is 11.3. The number of aromatic nitrogens is 2. The largest absolute Gasteiger partial charge is 0.291 e.